The van der Waals surface area contributed by atoms with E-state index >= 15 is 0 Å². The molecule has 13 heteroatoms. The summed E-state index contributed by atoms with van der Waals surface area (Å²) in [5, 5.41) is 10.4. The number of hydrogen-bond donors (Lipinski definition) is 3. The highest BCUT2D eigenvalue weighted by atomic mass is 32.2. The fourth-order valence-electron chi connectivity index (χ4n) is 2.87. The van der Waals surface area contributed by atoms with E-state index in [1.54, 1.807) is 29.6 Å². The summed E-state index contributed by atoms with van der Waals surface area (Å²) in [5.74, 6) is -0.0374. The molecule has 10 nitrogen and oxygen atoms in total. The monoisotopic (exact) mass is 547 g/mol. The van der Waals surface area contributed by atoms with Gasteiger partial charge in [0.2, 0.25) is 21.8 Å². The molecule has 0 unspecified atom stereocenters. The molecular weight excluding hydrogens is 522 g/mol. The summed E-state index contributed by atoms with van der Waals surface area (Å²) >= 11 is 2.64. The molecule has 0 bridgehead atoms. The first-order valence-corrected chi connectivity index (χ1v) is 14.1. The molecule has 0 fully saturated rings. The first-order valence-electron chi connectivity index (χ1n) is 10.6. The average molecular weight is 548 g/mol. The largest absolute Gasteiger partial charge is 0.326 e. The van der Waals surface area contributed by atoms with Crippen molar-refractivity contribution in [3.05, 3.63) is 65.2 Å². The van der Waals surface area contributed by atoms with Crippen LogP contribution in [0, 0.1) is 0 Å². The van der Waals surface area contributed by atoms with E-state index in [2.05, 4.69) is 20.9 Å². The average Bonchev–Trinajstić information content (AvgIpc) is 3.27. The predicted molar refractivity (Wildman–Crippen MR) is 143 cm³/mol. The molecule has 1 heterocycles. The molecule has 0 spiro atoms. The van der Waals surface area contributed by atoms with Gasteiger partial charge in [0.15, 0.2) is 5.13 Å². The van der Waals surface area contributed by atoms with Gasteiger partial charge in [-0.15, -0.1) is 23.1 Å². The van der Waals surface area contributed by atoms with E-state index in [1.807, 2.05) is 0 Å². The topological polar surface area (TPSA) is 138 Å². The number of rotatable bonds is 10. The highest BCUT2D eigenvalue weighted by molar-refractivity contribution is 7.99. The van der Waals surface area contributed by atoms with Crippen molar-refractivity contribution in [3.63, 3.8) is 0 Å². The summed E-state index contributed by atoms with van der Waals surface area (Å²) in [5.41, 5.74) is 2.30. The van der Waals surface area contributed by atoms with Crippen LogP contribution >= 0.6 is 23.1 Å². The van der Waals surface area contributed by atoms with Crippen molar-refractivity contribution in [1.82, 2.24) is 9.29 Å². The van der Waals surface area contributed by atoms with E-state index in [4.69, 9.17) is 0 Å². The van der Waals surface area contributed by atoms with Crippen LogP contribution in [0.4, 0.5) is 16.5 Å². The summed E-state index contributed by atoms with van der Waals surface area (Å²) in [6.45, 7) is 1.42. The van der Waals surface area contributed by atoms with Crippen molar-refractivity contribution in [2.45, 2.75) is 17.6 Å². The molecule has 0 radical (unpaired) electrons. The molecule has 3 amide bonds. The van der Waals surface area contributed by atoms with Gasteiger partial charge in [0, 0.05) is 49.1 Å². The van der Waals surface area contributed by atoms with Gasteiger partial charge in [-0.05, 0) is 48.5 Å². The first kappa shape index (κ1) is 27.3. The lowest BCUT2D eigenvalue weighted by Crippen LogP contribution is -2.22. The van der Waals surface area contributed by atoms with Gasteiger partial charge in [0.25, 0.3) is 5.91 Å². The first-order chi connectivity index (χ1) is 17.0. The number of nitrogens with zero attached hydrogens (tertiary/aromatic N) is 2. The fourth-order valence-corrected chi connectivity index (χ4v) is 5.30. The lowest BCUT2D eigenvalue weighted by atomic mass is 10.2. The van der Waals surface area contributed by atoms with Gasteiger partial charge < -0.3 is 10.6 Å². The van der Waals surface area contributed by atoms with Gasteiger partial charge in [-0.2, -0.15) is 0 Å². The highest BCUT2D eigenvalue weighted by Gasteiger charge is 2.18. The van der Waals surface area contributed by atoms with Gasteiger partial charge in [-0.3, -0.25) is 19.7 Å². The Kier molecular flexibility index (Phi) is 9.20. The van der Waals surface area contributed by atoms with Crippen LogP contribution in [0.25, 0.3) is 0 Å². The number of carbonyl (C=O) groups excluding carboxylic acids is 3. The van der Waals surface area contributed by atoms with Gasteiger partial charge in [0.05, 0.1) is 16.3 Å². The third-order valence-corrected chi connectivity index (χ3v) is 8.24. The standard InChI is InChI=1S/C23H25N5O5S3/c1-15(29)24-17-6-8-18(9-7-17)25-21(30)14-34-12-19-13-35-23(26-19)27-22(31)16-4-10-20(11-5-16)36(32,33)28(2)3/h4-11,13H,12,14H2,1-3H3,(H,24,29)(H,25,30)(H,26,27,31). The molecule has 0 aliphatic rings. The van der Waals surface area contributed by atoms with Crippen molar-refractivity contribution in [2.75, 3.05) is 35.8 Å². The molecule has 0 aliphatic carbocycles. The van der Waals surface area contributed by atoms with Crippen LogP contribution in [-0.4, -0.2) is 55.3 Å². The molecule has 1 aromatic heterocycles. The predicted octanol–water partition coefficient (Wildman–Crippen LogP) is 3.48. The molecule has 2 aromatic carbocycles. The van der Waals surface area contributed by atoms with Gasteiger partial charge in [0.1, 0.15) is 0 Å². The molecule has 36 heavy (non-hydrogen) atoms. The highest BCUT2D eigenvalue weighted by Crippen LogP contribution is 2.21. The second kappa shape index (κ2) is 12.1. The maximum absolute atomic E-state index is 12.5. The third-order valence-electron chi connectivity index (χ3n) is 4.64. The number of aromatic nitrogens is 1. The number of thioether (sulfide) groups is 1. The molecule has 0 atom stereocenters. The number of hydrogen-bond acceptors (Lipinski definition) is 8. The van der Waals surface area contributed by atoms with E-state index in [0.717, 1.165) is 10.00 Å². The number of sulfonamides is 1. The van der Waals surface area contributed by atoms with Crippen molar-refractivity contribution in [2.24, 2.45) is 0 Å². The lowest BCUT2D eigenvalue weighted by molar-refractivity contribution is -0.114. The number of amides is 3. The number of nitrogens with one attached hydrogen (secondary N) is 3. The van der Waals surface area contributed by atoms with Crippen LogP contribution in [0.2, 0.25) is 0 Å². The van der Waals surface area contributed by atoms with Crippen molar-refractivity contribution >= 4 is 67.3 Å². The van der Waals surface area contributed by atoms with Crippen LogP contribution in [0.3, 0.4) is 0 Å². The summed E-state index contributed by atoms with van der Waals surface area (Å²) < 4.78 is 25.4. The van der Waals surface area contributed by atoms with E-state index < -0.39 is 15.9 Å². The van der Waals surface area contributed by atoms with E-state index in [0.29, 0.717) is 27.8 Å². The number of carbonyl (C=O) groups is 3. The van der Waals surface area contributed by atoms with Crippen LogP contribution in [0.5, 0.6) is 0 Å². The molecule has 3 N–H and O–H groups in total. The van der Waals surface area contributed by atoms with Crippen LogP contribution in [0.15, 0.2) is 58.8 Å². The number of benzene rings is 2. The number of anilines is 3. The molecule has 0 saturated carbocycles. The Hall–Kier alpha value is -3.26. The Morgan fingerprint density at radius 1 is 0.944 bits per heavy atom. The zero-order valence-electron chi connectivity index (χ0n) is 19.8. The third kappa shape index (κ3) is 7.62. The Morgan fingerprint density at radius 2 is 1.56 bits per heavy atom. The molecule has 190 valence electrons. The molecule has 3 rings (SSSR count). The van der Waals surface area contributed by atoms with Crippen molar-refractivity contribution in [1.29, 1.82) is 0 Å². The van der Waals surface area contributed by atoms with E-state index in [9.17, 15) is 22.8 Å². The zero-order chi connectivity index (χ0) is 26.3. The second-order valence-electron chi connectivity index (χ2n) is 7.71. The minimum atomic E-state index is -3.57. The summed E-state index contributed by atoms with van der Waals surface area (Å²) in [6.07, 6.45) is 0. The van der Waals surface area contributed by atoms with Crippen LogP contribution in [-0.2, 0) is 25.4 Å². The summed E-state index contributed by atoms with van der Waals surface area (Å²) in [7, 11) is -0.687. The summed E-state index contributed by atoms with van der Waals surface area (Å²) in [4.78, 5) is 40.2. The molecule has 0 saturated heterocycles. The fraction of sp³-hybridized carbons (Fsp3) is 0.217. The normalized spacial score (nSPS) is 11.2. The summed E-state index contributed by atoms with van der Waals surface area (Å²) in [6, 6.07) is 12.5. The molecular formula is C23H25N5O5S3. The molecule has 0 aliphatic heterocycles. The van der Waals surface area contributed by atoms with Gasteiger partial charge in [-0.1, -0.05) is 0 Å². The Morgan fingerprint density at radius 3 is 2.14 bits per heavy atom. The van der Waals surface area contributed by atoms with Gasteiger partial charge in [-0.25, -0.2) is 17.7 Å². The quantitative estimate of drug-likeness (QED) is 0.353. The molecule has 3 aromatic rings. The van der Waals surface area contributed by atoms with Crippen LogP contribution in [0.1, 0.15) is 23.0 Å². The van der Waals surface area contributed by atoms with E-state index in [1.165, 1.54) is 68.4 Å². The Bertz CT molecular complexity index is 1340. The lowest BCUT2D eigenvalue weighted by Gasteiger charge is -2.11. The smallest absolute Gasteiger partial charge is 0.257 e. The van der Waals surface area contributed by atoms with Crippen molar-refractivity contribution < 1.29 is 22.8 Å². The SMILES string of the molecule is CC(=O)Nc1ccc(NC(=O)CSCc2csc(NC(=O)c3ccc(S(=O)(=O)N(C)C)cc3)n2)cc1. The minimum absolute atomic E-state index is 0.101. The van der Waals surface area contributed by atoms with Crippen molar-refractivity contribution in [3.8, 4) is 0 Å². The van der Waals surface area contributed by atoms with E-state index in [-0.39, 0.29) is 22.5 Å². The number of thiazole rings is 1. The minimum Gasteiger partial charge on any atom is -0.326 e. The maximum Gasteiger partial charge on any atom is 0.257 e. The zero-order valence-corrected chi connectivity index (χ0v) is 22.2. The van der Waals surface area contributed by atoms with Crippen LogP contribution < -0.4 is 16.0 Å². The Labute approximate surface area is 217 Å². The van der Waals surface area contributed by atoms with Gasteiger partial charge >= 0.3 is 0 Å². The second-order valence-corrected chi connectivity index (χ2v) is 11.7. The Balaban J connectivity index is 1.46. The maximum atomic E-state index is 12.5.